The fraction of sp³-hybridized carbons (Fsp3) is 0.286. The smallest absolute Gasteiger partial charge is 0.325 e. The summed E-state index contributed by atoms with van der Waals surface area (Å²) in [5.74, 6) is -0.193. The molecular weight excluding hydrogens is 360 g/mol. The lowest BCUT2D eigenvalue weighted by Gasteiger charge is -2.11. The van der Waals surface area contributed by atoms with Crippen LogP contribution in [0.2, 0.25) is 0 Å². The number of carbonyl (C=O) groups is 3. The molecule has 0 radical (unpaired) electrons. The van der Waals surface area contributed by atoms with Crippen LogP contribution >= 0.6 is 0 Å². The Balaban J connectivity index is 1.75. The summed E-state index contributed by atoms with van der Waals surface area (Å²) >= 11 is 0. The van der Waals surface area contributed by atoms with E-state index in [2.05, 4.69) is 10.6 Å². The number of para-hydroxylation sites is 1. The molecule has 0 aliphatic rings. The molecule has 0 spiro atoms. The fourth-order valence-electron chi connectivity index (χ4n) is 2.17. The number of hydrogen-bond donors (Lipinski definition) is 2. The van der Waals surface area contributed by atoms with Gasteiger partial charge in [0.1, 0.15) is 18.0 Å². The Bertz CT molecular complexity index is 790. The Labute approximate surface area is 164 Å². The summed E-state index contributed by atoms with van der Waals surface area (Å²) in [6, 6.07) is 15.8. The van der Waals surface area contributed by atoms with E-state index in [1.165, 1.54) is 0 Å². The van der Waals surface area contributed by atoms with Gasteiger partial charge in [0.2, 0.25) is 0 Å². The topological polar surface area (TPSA) is 93.7 Å². The van der Waals surface area contributed by atoms with Gasteiger partial charge in [0.05, 0.1) is 0 Å². The highest BCUT2D eigenvalue weighted by atomic mass is 16.5. The van der Waals surface area contributed by atoms with Crippen molar-refractivity contribution in [3.63, 3.8) is 0 Å². The van der Waals surface area contributed by atoms with E-state index in [4.69, 9.17) is 9.47 Å². The molecule has 0 aromatic heterocycles. The molecule has 2 rings (SSSR count). The van der Waals surface area contributed by atoms with E-state index in [0.717, 1.165) is 6.42 Å². The molecular formula is C21H24N2O5. The zero-order chi connectivity index (χ0) is 20.4. The number of ether oxygens (including phenoxy) is 2. The van der Waals surface area contributed by atoms with Crippen molar-refractivity contribution in [3.8, 4) is 11.5 Å². The molecule has 2 aromatic carbocycles. The van der Waals surface area contributed by atoms with Gasteiger partial charge < -0.3 is 20.1 Å². The molecule has 7 heteroatoms. The molecule has 0 heterocycles. The molecule has 2 amide bonds. The lowest BCUT2D eigenvalue weighted by Crippen LogP contribution is -2.37. The number of rotatable bonds is 9. The molecule has 0 bridgehead atoms. The van der Waals surface area contributed by atoms with Gasteiger partial charge in [-0.1, -0.05) is 25.1 Å². The van der Waals surface area contributed by atoms with Crippen LogP contribution in [0.15, 0.2) is 54.6 Å². The standard InChI is InChI=1S/C21H24N2O5/c1-3-15(2)23-19(24)14-27-20(25)13-22-21(26)16-9-11-18(12-10-16)28-17-7-5-4-6-8-17/h4-12,15H,3,13-14H2,1-2H3,(H,22,26)(H,23,24)/t15-/m1/s1. The molecule has 2 N–H and O–H groups in total. The van der Waals surface area contributed by atoms with Crippen molar-refractivity contribution in [2.75, 3.05) is 13.2 Å². The first-order valence-corrected chi connectivity index (χ1v) is 9.04. The summed E-state index contributed by atoms with van der Waals surface area (Å²) in [4.78, 5) is 35.3. The second-order valence-corrected chi connectivity index (χ2v) is 6.16. The van der Waals surface area contributed by atoms with Crippen LogP contribution in [-0.4, -0.2) is 37.0 Å². The van der Waals surface area contributed by atoms with E-state index >= 15 is 0 Å². The molecule has 0 saturated heterocycles. The monoisotopic (exact) mass is 384 g/mol. The normalized spacial score (nSPS) is 11.2. The van der Waals surface area contributed by atoms with E-state index in [1.807, 2.05) is 44.2 Å². The number of nitrogens with one attached hydrogen (secondary N) is 2. The Morgan fingerprint density at radius 3 is 2.25 bits per heavy atom. The van der Waals surface area contributed by atoms with Gasteiger partial charge in [0.25, 0.3) is 11.8 Å². The summed E-state index contributed by atoms with van der Waals surface area (Å²) < 4.78 is 10.5. The maximum Gasteiger partial charge on any atom is 0.325 e. The van der Waals surface area contributed by atoms with Gasteiger partial charge in [0.15, 0.2) is 6.61 Å². The molecule has 28 heavy (non-hydrogen) atoms. The van der Waals surface area contributed by atoms with Gasteiger partial charge in [-0.05, 0) is 49.7 Å². The van der Waals surface area contributed by atoms with Crippen molar-refractivity contribution in [3.05, 3.63) is 60.2 Å². The summed E-state index contributed by atoms with van der Waals surface area (Å²) in [6.07, 6.45) is 0.783. The van der Waals surface area contributed by atoms with Gasteiger partial charge in [-0.3, -0.25) is 14.4 Å². The SMILES string of the molecule is CC[C@@H](C)NC(=O)COC(=O)CNC(=O)c1ccc(Oc2ccccc2)cc1. The maximum absolute atomic E-state index is 12.1. The molecule has 7 nitrogen and oxygen atoms in total. The number of esters is 1. The second-order valence-electron chi connectivity index (χ2n) is 6.16. The molecule has 0 aliphatic carbocycles. The number of carbonyl (C=O) groups excluding carboxylic acids is 3. The Kier molecular flexibility index (Phi) is 8.02. The highest BCUT2D eigenvalue weighted by Crippen LogP contribution is 2.21. The van der Waals surface area contributed by atoms with Crippen molar-refractivity contribution >= 4 is 17.8 Å². The van der Waals surface area contributed by atoms with Gasteiger partial charge >= 0.3 is 5.97 Å². The van der Waals surface area contributed by atoms with Gasteiger partial charge in [0, 0.05) is 11.6 Å². The van der Waals surface area contributed by atoms with Crippen LogP contribution in [0.25, 0.3) is 0 Å². The molecule has 0 fully saturated rings. The summed E-state index contributed by atoms with van der Waals surface area (Å²) in [6.45, 7) is 3.10. The number of amides is 2. The highest BCUT2D eigenvalue weighted by molar-refractivity contribution is 5.96. The average molecular weight is 384 g/mol. The summed E-state index contributed by atoms with van der Waals surface area (Å²) in [5, 5.41) is 5.14. The summed E-state index contributed by atoms with van der Waals surface area (Å²) in [5.41, 5.74) is 0.378. The van der Waals surface area contributed by atoms with E-state index in [1.54, 1.807) is 24.3 Å². The van der Waals surface area contributed by atoms with E-state index < -0.39 is 11.9 Å². The fourth-order valence-corrected chi connectivity index (χ4v) is 2.17. The minimum Gasteiger partial charge on any atom is -0.457 e. The zero-order valence-electron chi connectivity index (χ0n) is 15.9. The van der Waals surface area contributed by atoms with Crippen LogP contribution in [0.3, 0.4) is 0 Å². The Morgan fingerprint density at radius 1 is 0.964 bits per heavy atom. The lowest BCUT2D eigenvalue weighted by atomic mass is 10.2. The maximum atomic E-state index is 12.1. The third-order valence-electron chi connectivity index (χ3n) is 3.87. The van der Waals surface area contributed by atoms with Crippen LogP contribution in [0, 0.1) is 0 Å². The molecule has 0 saturated carbocycles. The molecule has 148 valence electrons. The van der Waals surface area contributed by atoms with E-state index in [-0.39, 0.29) is 25.1 Å². The van der Waals surface area contributed by atoms with Crippen LogP contribution in [0.4, 0.5) is 0 Å². The average Bonchev–Trinajstić information content (AvgIpc) is 2.71. The van der Waals surface area contributed by atoms with Crippen molar-refractivity contribution < 1.29 is 23.9 Å². The van der Waals surface area contributed by atoms with Gasteiger partial charge in [-0.2, -0.15) is 0 Å². The second kappa shape index (κ2) is 10.7. The first kappa shape index (κ1) is 21.0. The zero-order valence-corrected chi connectivity index (χ0v) is 15.9. The third kappa shape index (κ3) is 7.11. The van der Waals surface area contributed by atoms with Gasteiger partial charge in [-0.25, -0.2) is 0 Å². The first-order chi connectivity index (χ1) is 13.5. The third-order valence-corrected chi connectivity index (χ3v) is 3.87. The van der Waals surface area contributed by atoms with Crippen LogP contribution < -0.4 is 15.4 Å². The predicted molar refractivity (Wildman–Crippen MR) is 104 cm³/mol. The first-order valence-electron chi connectivity index (χ1n) is 9.04. The molecule has 0 aliphatic heterocycles. The molecule has 1 atom stereocenters. The molecule has 0 unspecified atom stereocenters. The lowest BCUT2D eigenvalue weighted by molar-refractivity contribution is -0.147. The van der Waals surface area contributed by atoms with E-state index in [0.29, 0.717) is 17.1 Å². The van der Waals surface area contributed by atoms with Gasteiger partial charge in [-0.15, -0.1) is 0 Å². The Morgan fingerprint density at radius 2 is 1.61 bits per heavy atom. The number of hydrogen-bond acceptors (Lipinski definition) is 5. The Hall–Kier alpha value is -3.35. The highest BCUT2D eigenvalue weighted by Gasteiger charge is 2.12. The van der Waals surface area contributed by atoms with Crippen LogP contribution in [0.5, 0.6) is 11.5 Å². The number of benzene rings is 2. The quantitative estimate of drug-likeness (QED) is 0.649. The molecule has 2 aromatic rings. The minimum absolute atomic E-state index is 0.0137. The van der Waals surface area contributed by atoms with E-state index in [9.17, 15) is 14.4 Å². The van der Waals surface area contributed by atoms with Crippen molar-refractivity contribution in [1.82, 2.24) is 10.6 Å². The van der Waals surface area contributed by atoms with Crippen molar-refractivity contribution in [2.45, 2.75) is 26.3 Å². The summed E-state index contributed by atoms with van der Waals surface area (Å²) in [7, 11) is 0. The minimum atomic E-state index is -0.684. The van der Waals surface area contributed by atoms with Crippen molar-refractivity contribution in [1.29, 1.82) is 0 Å². The van der Waals surface area contributed by atoms with Crippen LogP contribution in [-0.2, 0) is 14.3 Å². The largest absolute Gasteiger partial charge is 0.457 e. The van der Waals surface area contributed by atoms with Crippen molar-refractivity contribution in [2.24, 2.45) is 0 Å². The predicted octanol–water partition coefficient (Wildman–Crippen LogP) is 2.67. The van der Waals surface area contributed by atoms with Crippen LogP contribution in [0.1, 0.15) is 30.6 Å².